The normalized spacial score (nSPS) is 12.0. The molecular weight excluding hydrogens is 558 g/mol. The van der Waals surface area contributed by atoms with Gasteiger partial charge in [0, 0.05) is 18.1 Å². The fraction of sp³-hybridized carbons (Fsp3) is 0.375. The second kappa shape index (κ2) is 14.5. The van der Waals surface area contributed by atoms with Crippen LogP contribution in [-0.4, -0.2) is 44.3 Å². The Morgan fingerprint density at radius 2 is 1.54 bits per heavy atom. The highest BCUT2D eigenvalue weighted by Crippen LogP contribution is 2.28. The van der Waals surface area contributed by atoms with Gasteiger partial charge in [0.25, 0.3) is 10.0 Å². The number of carbonyl (C=O) groups excluding carboxylic acids is 2. The topological polar surface area (TPSA) is 86.8 Å². The van der Waals surface area contributed by atoms with E-state index in [1.807, 2.05) is 46.8 Å². The zero-order valence-corrected chi connectivity index (χ0v) is 26.1. The number of benzene rings is 3. The lowest BCUT2D eigenvalue weighted by molar-refractivity contribution is -0.140. The van der Waals surface area contributed by atoms with E-state index in [2.05, 4.69) is 5.32 Å². The smallest absolute Gasteiger partial charge is 0.264 e. The Hall–Kier alpha value is -3.36. The molecule has 2 amide bonds. The second-order valence-electron chi connectivity index (χ2n) is 10.3. The van der Waals surface area contributed by atoms with Gasteiger partial charge in [-0.3, -0.25) is 13.9 Å². The van der Waals surface area contributed by atoms with Crippen molar-refractivity contribution in [3.05, 3.63) is 94.0 Å². The van der Waals surface area contributed by atoms with Gasteiger partial charge in [-0.15, -0.1) is 0 Å². The van der Waals surface area contributed by atoms with E-state index in [0.717, 1.165) is 39.4 Å². The number of hydrogen-bond donors (Lipinski definition) is 1. The summed E-state index contributed by atoms with van der Waals surface area (Å²) in [4.78, 5) is 29.0. The van der Waals surface area contributed by atoms with Crippen LogP contribution in [0.4, 0.5) is 5.69 Å². The van der Waals surface area contributed by atoms with Crippen molar-refractivity contribution in [1.29, 1.82) is 0 Å². The number of nitrogens with zero attached hydrogens (tertiary/aromatic N) is 2. The van der Waals surface area contributed by atoms with Crippen molar-refractivity contribution in [3.8, 4) is 0 Å². The molecule has 1 N–H and O–H groups in total. The van der Waals surface area contributed by atoms with Crippen LogP contribution in [0.15, 0.2) is 71.6 Å². The van der Waals surface area contributed by atoms with Crippen molar-refractivity contribution < 1.29 is 18.0 Å². The SMILES string of the molecule is CCCCNC(=O)[C@H](CC)N(Cc1ccc(Cl)cc1)C(=O)CN(c1ccc(C)cc1C)S(=O)(=O)c1ccc(C)cc1. The molecule has 0 radical (unpaired) electrons. The monoisotopic (exact) mass is 597 g/mol. The molecule has 1 atom stereocenters. The summed E-state index contributed by atoms with van der Waals surface area (Å²) < 4.78 is 29.2. The van der Waals surface area contributed by atoms with Crippen LogP contribution in [0, 0.1) is 20.8 Å². The third kappa shape index (κ3) is 8.33. The first kappa shape index (κ1) is 32.2. The summed E-state index contributed by atoms with van der Waals surface area (Å²) in [5.74, 6) is -0.740. The van der Waals surface area contributed by atoms with E-state index in [4.69, 9.17) is 11.6 Å². The molecule has 3 aromatic carbocycles. The zero-order valence-electron chi connectivity index (χ0n) is 24.5. The van der Waals surface area contributed by atoms with E-state index in [1.165, 1.54) is 4.90 Å². The van der Waals surface area contributed by atoms with Gasteiger partial charge in [-0.1, -0.05) is 79.4 Å². The maximum atomic E-state index is 14.2. The van der Waals surface area contributed by atoms with Crippen molar-refractivity contribution in [3.63, 3.8) is 0 Å². The van der Waals surface area contributed by atoms with E-state index in [-0.39, 0.29) is 17.3 Å². The molecule has 0 spiro atoms. The lowest BCUT2D eigenvalue weighted by Crippen LogP contribution is -2.52. The first-order valence-corrected chi connectivity index (χ1v) is 15.8. The van der Waals surface area contributed by atoms with Crippen LogP contribution in [0.2, 0.25) is 5.02 Å². The first-order chi connectivity index (χ1) is 19.5. The summed E-state index contributed by atoms with van der Waals surface area (Å²) in [5, 5.41) is 3.50. The molecule has 220 valence electrons. The van der Waals surface area contributed by atoms with Crippen molar-refractivity contribution in [2.75, 3.05) is 17.4 Å². The molecule has 0 aliphatic rings. The van der Waals surface area contributed by atoms with Crippen LogP contribution >= 0.6 is 11.6 Å². The number of halogens is 1. The zero-order chi connectivity index (χ0) is 30.2. The number of rotatable bonds is 13. The Morgan fingerprint density at radius 1 is 0.902 bits per heavy atom. The van der Waals surface area contributed by atoms with Gasteiger partial charge in [-0.05, 0) is 75.1 Å². The Bertz CT molecular complexity index is 1440. The lowest BCUT2D eigenvalue weighted by atomic mass is 10.1. The van der Waals surface area contributed by atoms with Crippen LogP contribution in [0.25, 0.3) is 0 Å². The first-order valence-electron chi connectivity index (χ1n) is 14.0. The van der Waals surface area contributed by atoms with Gasteiger partial charge in [0.1, 0.15) is 12.6 Å². The van der Waals surface area contributed by atoms with Gasteiger partial charge in [0.05, 0.1) is 10.6 Å². The molecule has 0 aliphatic heterocycles. The lowest BCUT2D eigenvalue weighted by Gasteiger charge is -2.33. The van der Waals surface area contributed by atoms with Gasteiger partial charge in [-0.2, -0.15) is 0 Å². The van der Waals surface area contributed by atoms with Crippen molar-refractivity contribution in [1.82, 2.24) is 10.2 Å². The molecule has 0 fully saturated rings. The third-order valence-corrected chi connectivity index (χ3v) is 9.02. The van der Waals surface area contributed by atoms with Gasteiger partial charge < -0.3 is 10.2 Å². The highest BCUT2D eigenvalue weighted by Gasteiger charge is 2.34. The molecule has 0 aliphatic carbocycles. The molecule has 0 unspecified atom stereocenters. The molecule has 3 aromatic rings. The molecule has 0 saturated heterocycles. The van der Waals surface area contributed by atoms with E-state index in [1.54, 1.807) is 54.6 Å². The average molecular weight is 598 g/mol. The van der Waals surface area contributed by atoms with E-state index in [0.29, 0.717) is 23.7 Å². The van der Waals surface area contributed by atoms with Crippen molar-refractivity contribution in [2.45, 2.75) is 71.4 Å². The fourth-order valence-corrected chi connectivity index (χ4v) is 6.25. The summed E-state index contributed by atoms with van der Waals surface area (Å²) in [6, 6.07) is 18.3. The summed E-state index contributed by atoms with van der Waals surface area (Å²) in [6.45, 7) is 9.68. The molecule has 0 saturated carbocycles. The highest BCUT2D eigenvalue weighted by atomic mass is 35.5. The minimum Gasteiger partial charge on any atom is -0.354 e. The van der Waals surface area contributed by atoms with Gasteiger partial charge >= 0.3 is 0 Å². The van der Waals surface area contributed by atoms with Crippen LogP contribution in [0.3, 0.4) is 0 Å². The largest absolute Gasteiger partial charge is 0.354 e. The van der Waals surface area contributed by atoms with Crippen molar-refractivity contribution in [2.24, 2.45) is 0 Å². The predicted molar refractivity (Wildman–Crippen MR) is 166 cm³/mol. The molecule has 7 nitrogen and oxygen atoms in total. The number of amides is 2. The fourth-order valence-electron chi connectivity index (χ4n) is 4.65. The maximum absolute atomic E-state index is 14.2. The summed E-state index contributed by atoms with van der Waals surface area (Å²) in [7, 11) is -4.12. The van der Waals surface area contributed by atoms with E-state index in [9.17, 15) is 18.0 Å². The molecule has 3 rings (SSSR count). The number of hydrogen-bond acceptors (Lipinski definition) is 4. The Morgan fingerprint density at radius 3 is 2.12 bits per heavy atom. The second-order valence-corrected chi connectivity index (χ2v) is 12.6. The van der Waals surface area contributed by atoms with Crippen LogP contribution in [0.5, 0.6) is 0 Å². The van der Waals surface area contributed by atoms with Crippen molar-refractivity contribution >= 4 is 39.1 Å². The third-order valence-electron chi connectivity index (χ3n) is 6.99. The number of aryl methyl sites for hydroxylation is 3. The van der Waals surface area contributed by atoms with Gasteiger partial charge in [0.2, 0.25) is 11.8 Å². The Balaban J connectivity index is 2.06. The summed E-state index contributed by atoms with van der Waals surface area (Å²) in [5.41, 5.74) is 3.82. The van der Waals surface area contributed by atoms with E-state index < -0.39 is 28.5 Å². The number of sulfonamides is 1. The Labute approximate surface area is 249 Å². The molecule has 0 heterocycles. The van der Waals surface area contributed by atoms with Gasteiger partial charge in [0.15, 0.2) is 0 Å². The molecule has 9 heteroatoms. The van der Waals surface area contributed by atoms with Crippen LogP contribution in [0.1, 0.15) is 55.4 Å². The summed E-state index contributed by atoms with van der Waals surface area (Å²) in [6.07, 6.45) is 2.11. The molecular formula is C32H40ClN3O4S. The molecule has 0 bridgehead atoms. The van der Waals surface area contributed by atoms with Crippen LogP contribution < -0.4 is 9.62 Å². The van der Waals surface area contributed by atoms with Gasteiger partial charge in [-0.25, -0.2) is 8.42 Å². The standard InChI is InChI=1S/C32H40ClN3O4S/c1-6-8-19-34-32(38)29(7-2)35(21-26-12-14-27(33)15-13-26)31(37)22-36(30-18-11-24(4)20-25(30)5)41(39,40)28-16-9-23(3)10-17-28/h9-18,20,29H,6-8,19,21-22H2,1-5H3,(H,34,38)/t29-/m0/s1. The minimum atomic E-state index is -4.12. The number of anilines is 1. The predicted octanol–water partition coefficient (Wildman–Crippen LogP) is 6.18. The number of nitrogens with one attached hydrogen (secondary N) is 1. The quantitative estimate of drug-likeness (QED) is 0.238. The van der Waals surface area contributed by atoms with Crippen LogP contribution in [-0.2, 0) is 26.2 Å². The summed E-state index contributed by atoms with van der Waals surface area (Å²) >= 11 is 6.08. The average Bonchev–Trinajstić information content (AvgIpc) is 2.93. The number of unbranched alkanes of at least 4 members (excludes halogenated alkanes) is 1. The Kier molecular flexibility index (Phi) is 11.4. The maximum Gasteiger partial charge on any atom is 0.264 e. The molecule has 0 aromatic heterocycles. The minimum absolute atomic E-state index is 0.0875. The highest BCUT2D eigenvalue weighted by molar-refractivity contribution is 7.92. The van der Waals surface area contributed by atoms with E-state index >= 15 is 0 Å². The number of carbonyl (C=O) groups is 2. The molecule has 41 heavy (non-hydrogen) atoms.